The Hall–Kier alpha value is -1.69. The van der Waals surface area contributed by atoms with Crippen molar-refractivity contribution in [3.8, 4) is 0 Å². The Morgan fingerprint density at radius 2 is 2.00 bits per heavy atom. The number of hydrogen-bond acceptors (Lipinski definition) is 5. The number of piperidine rings is 1. The average Bonchev–Trinajstić information content (AvgIpc) is 2.50. The smallest absolute Gasteiger partial charge is 0.223 e. The minimum Gasteiger partial charge on any atom is -0.392 e. The molecule has 0 spiro atoms. The van der Waals surface area contributed by atoms with E-state index in [0.717, 1.165) is 6.42 Å². The highest BCUT2D eigenvalue weighted by molar-refractivity contribution is 6.25. The molecule has 134 valence electrons. The molecule has 1 amide bonds. The summed E-state index contributed by atoms with van der Waals surface area (Å²) in [4.78, 5) is 43.4. The second-order valence-corrected chi connectivity index (χ2v) is 6.46. The summed E-state index contributed by atoms with van der Waals surface area (Å²) in [6, 6.07) is 0. The molecule has 0 aromatic carbocycles. The van der Waals surface area contributed by atoms with Crippen LogP contribution in [0.1, 0.15) is 40.0 Å². The Kier molecular flexibility index (Phi) is 8.68. The van der Waals surface area contributed by atoms with Crippen LogP contribution in [0.3, 0.4) is 0 Å². The molecule has 7 heteroatoms. The molecule has 0 atom stereocenters. The minimum atomic E-state index is -0.909. The van der Waals surface area contributed by atoms with E-state index in [4.69, 9.17) is 16.4 Å². The lowest BCUT2D eigenvalue weighted by Crippen LogP contribution is -2.52. The first-order valence-corrected chi connectivity index (χ1v) is 8.61. The normalized spacial score (nSPS) is 17.2. The van der Waals surface area contributed by atoms with Gasteiger partial charge in [-0.1, -0.05) is 43.9 Å². The maximum absolute atomic E-state index is 12.4. The van der Waals surface area contributed by atoms with E-state index >= 15 is 0 Å². The van der Waals surface area contributed by atoms with E-state index in [9.17, 15) is 14.4 Å². The van der Waals surface area contributed by atoms with Crippen LogP contribution in [0.25, 0.3) is 0 Å². The molecule has 0 aromatic heterocycles. The maximum Gasteiger partial charge on any atom is 0.223 e. The Balaban J connectivity index is 2.82. The highest BCUT2D eigenvalue weighted by atomic mass is 35.5. The van der Waals surface area contributed by atoms with E-state index in [2.05, 4.69) is 5.16 Å². The zero-order chi connectivity index (χ0) is 18.1. The number of Topliss-reactive ketones (excluding diaryl/α,β-unsaturated/α-hetero) is 2. The third kappa shape index (κ3) is 6.07. The summed E-state index contributed by atoms with van der Waals surface area (Å²) in [5, 5.41) is 3.96. The summed E-state index contributed by atoms with van der Waals surface area (Å²) >= 11 is 5.40. The molecule has 1 aliphatic heterocycles. The van der Waals surface area contributed by atoms with Gasteiger partial charge in [0.1, 0.15) is 12.5 Å². The lowest BCUT2D eigenvalue weighted by atomic mass is 9.87. The van der Waals surface area contributed by atoms with E-state index in [1.165, 1.54) is 10.4 Å². The molecule has 1 fully saturated rings. The number of oxime groups is 1. The van der Waals surface area contributed by atoms with Crippen molar-refractivity contribution in [3.63, 3.8) is 0 Å². The number of amides is 1. The number of rotatable bonds is 8. The Morgan fingerprint density at radius 1 is 1.38 bits per heavy atom. The number of carbonyl (C=O) groups is 3. The van der Waals surface area contributed by atoms with Gasteiger partial charge < -0.3 is 9.74 Å². The van der Waals surface area contributed by atoms with Gasteiger partial charge in [-0.05, 0) is 18.4 Å². The highest BCUT2D eigenvalue weighted by Gasteiger charge is 2.39. The molecule has 0 aliphatic carbocycles. The van der Waals surface area contributed by atoms with Crippen molar-refractivity contribution in [1.82, 2.24) is 4.90 Å². The van der Waals surface area contributed by atoms with E-state index in [0.29, 0.717) is 18.6 Å². The molecule has 24 heavy (non-hydrogen) atoms. The van der Waals surface area contributed by atoms with Crippen LogP contribution in [-0.2, 0) is 19.2 Å². The summed E-state index contributed by atoms with van der Waals surface area (Å²) in [5.41, 5.74) is 1.73. The van der Waals surface area contributed by atoms with Crippen LogP contribution in [0, 0.1) is 11.8 Å². The van der Waals surface area contributed by atoms with Gasteiger partial charge in [-0.25, -0.2) is 0 Å². The standard InChI is InChI=1S/C17H25ClN2O4/c1-4-6-13(19-24-8-5-7-18)17-14(21)10-20(11-15(17)22)16(23)9-12(2)3/h5,7,12,17H,4,6,8-11H2,1-3H3. The predicted molar refractivity (Wildman–Crippen MR) is 92.8 cm³/mol. The van der Waals surface area contributed by atoms with Crippen molar-refractivity contribution in [2.45, 2.75) is 40.0 Å². The molecule has 1 saturated heterocycles. The molecule has 1 aliphatic rings. The largest absolute Gasteiger partial charge is 0.392 e. The molecule has 6 nitrogen and oxygen atoms in total. The number of halogens is 1. The SMILES string of the molecule is CCCC(=NOCC=CCl)C1C(=O)CN(C(=O)CC(C)C)CC1=O. The summed E-state index contributed by atoms with van der Waals surface area (Å²) in [6.45, 7) is 5.85. The van der Waals surface area contributed by atoms with Crippen LogP contribution in [0.2, 0.25) is 0 Å². The van der Waals surface area contributed by atoms with Crippen molar-refractivity contribution in [1.29, 1.82) is 0 Å². The van der Waals surface area contributed by atoms with Crippen LogP contribution in [0.5, 0.6) is 0 Å². The Labute approximate surface area is 147 Å². The maximum atomic E-state index is 12.4. The third-order valence-electron chi connectivity index (χ3n) is 3.55. The van der Waals surface area contributed by atoms with E-state index < -0.39 is 5.92 Å². The fourth-order valence-corrected chi connectivity index (χ4v) is 2.59. The predicted octanol–water partition coefficient (Wildman–Crippen LogP) is 2.55. The van der Waals surface area contributed by atoms with Crippen molar-refractivity contribution in [3.05, 3.63) is 11.6 Å². The first-order chi connectivity index (χ1) is 11.4. The van der Waals surface area contributed by atoms with Crippen LogP contribution in [-0.4, -0.2) is 47.8 Å². The first-order valence-electron chi connectivity index (χ1n) is 8.17. The molecule has 0 aromatic rings. The molecule has 1 heterocycles. The number of hydrogen-bond donors (Lipinski definition) is 0. The molecule has 0 saturated carbocycles. The second-order valence-electron chi connectivity index (χ2n) is 6.20. The molecular formula is C17H25ClN2O4. The molecule has 0 bridgehead atoms. The minimum absolute atomic E-state index is 0.0493. The Bertz CT molecular complexity index is 511. The van der Waals surface area contributed by atoms with Crippen molar-refractivity contribution in [2.75, 3.05) is 19.7 Å². The summed E-state index contributed by atoms with van der Waals surface area (Å²) < 4.78 is 0. The van der Waals surface area contributed by atoms with Gasteiger partial charge in [0, 0.05) is 12.0 Å². The van der Waals surface area contributed by atoms with Gasteiger partial charge in [0.05, 0.1) is 18.8 Å². The number of carbonyl (C=O) groups excluding carboxylic acids is 3. The summed E-state index contributed by atoms with van der Waals surface area (Å²) in [7, 11) is 0. The third-order valence-corrected chi connectivity index (χ3v) is 3.73. The number of ketones is 2. The fourth-order valence-electron chi connectivity index (χ4n) is 2.52. The average molecular weight is 357 g/mol. The zero-order valence-corrected chi connectivity index (χ0v) is 15.2. The van der Waals surface area contributed by atoms with Crippen molar-refractivity contribution in [2.24, 2.45) is 17.0 Å². The van der Waals surface area contributed by atoms with Crippen LogP contribution in [0.4, 0.5) is 0 Å². The van der Waals surface area contributed by atoms with Gasteiger partial charge in [-0.2, -0.15) is 0 Å². The molecule has 0 unspecified atom stereocenters. The van der Waals surface area contributed by atoms with E-state index in [1.807, 2.05) is 20.8 Å². The monoisotopic (exact) mass is 356 g/mol. The zero-order valence-electron chi connectivity index (χ0n) is 14.5. The topological polar surface area (TPSA) is 76.0 Å². The molecule has 0 N–H and O–H groups in total. The molecular weight excluding hydrogens is 332 g/mol. The molecule has 0 radical (unpaired) electrons. The van der Waals surface area contributed by atoms with Crippen molar-refractivity contribution >= 4 is 34.8 Å². The van der Waals surface area contributed by atoms with E-state index in [-0.39, 0.29) is 43.1 Å². The van der Waals surface area contributed by atoms with Gasteiger partial charge in [0.25, 0.3) is 0 Å². The second kappa shape index (κ2) is 10.2. The fraction of sp³-hybridized carbons (Fsp3) is 0.647. The van der Waals surface area contributed by atoms with Gasteiger partial charge >= 0.3 is 0 Å². The number of nitrogens with zero attached hydrogens (tertiary/aromatic N) is 2. The van der Waals surface area contributed by atoms with Gasteiger partial charge in [0.15, 0.2) is 11.6 Å². The van der Waals surface area contributed by atoms with Gasteiger partial charge in [-0.15, -0.1) is 0 Å². The van der Waals surface area contributed by atoms with Crippen molar-refractivity contribution < 1.29 is 19.2 Å². The summed E-state index contributed by atoms with van der Waals surface area (Å²) in [5.74, 6) is -1.49. The molecule has 1 rings (SSSR count). The highest BCUT2D eigenvalue weighted by Crippen LogP contribution is 2.18. The van der Waals surface area contributed by atoms with E-state index in [1.54, 1.807) is 6.08 Å². The van der Waals surface area contributed by atoms with Gasteiger partial charge in [-0.3, -0.25) is 14.4 Å². The van der Waals surface area contributed by atoms with Crippen LogP contribution < -0.4 is 0 Å². The summed E-state index contributed by atoms with van der Waals surface area (Å²) in [6.07, 6.45) is 3.12. The Morgan fingerprint density at radius 3 is 2.50 bits per heavy atom. The van der Waals surface area contributed by atoms with Gasteiger partial charge in [0.2, 0.25) is 5.91 Å². The number of likely N-dealkylation sites (tertiary alicyclic amines) is 1. The van der Waals surface area contributed by atoms with Crippen LogP contribution >= 0.6 is 11.6 Å². The quantitative estimate of drug-likeness (QED) is 0.290. The lowest BCUT2D eigenvalue weighted by Gasteiger charge is -2.30. The lowest BCUT2D eigenvalue weighted by molar-refractivity contribution is -0.145. The van der Waals surface area contributed by atoms with Crippen LogP contribution in [0.15, 0.2) is 16.8 Å². The first kappa shape index (κ1) is 20.4.